The van der Waals surface area contributed by atoms with Crippen LogP contribution in [0.25, 0.3) is 0 Å². The van der Waals surface area contributed by atoms with Crippen molar-refractivity contribution in [3.8, 4) is 0 Å². The molecule has 1 unspecified atom stereocenters. The van der Waals surface area contributed by atoms with Gasteiger partial charge in [-0.3, -0.25) is 0 Å². The molecule has 2 aliphatic rings. The van der Waals surface area contributed by atoms with E-state index in [4.69, 9.17) is 0 Å². The van der Waals surface area contributed by atoms with E-state index in [0.717, 1.165) is 19.5 Å². The first-order valence-electron chi connectivity index (χ1n) is 6.10. The van der Waals surface area contributed by atoms with Gasteiger partial charge in [-0.1, -0.05) is 12.8 Å². The molecule has 3 heterocycles. The number of fused-ring (bicyclic) bond motifs is 1. The number of hydrogen-bond acceptors (Lipinski definition) is 3. The van der Waals surface area contributed by atoms with Crippen molar-refractivity contribution in [2.75, 3.05) is 6.54 Å². The van der Waals surface area contributed by atoms with Crippen molar-refractivity contribution < 1.29 is 0 Å². The predicted octanol–water partition coefficient (Wildman–Crippen LogP) is 1.43. The molecule has 3 rings (SSSR count). The zero-order valence-electron chi connectivity index (χ0n) is 9.08. The number of aryl methyl sites for hydroxylation is 1. The van der Waals surface area contributed by atoms with E-state index in [1.807, 2.05) is 0 Å². The van der Waals surface area contributed by atoms with Gasteiger partial charge in [-0.15, -0.1) is 10.2 Å². The molecule has 0 aliphatic carbocycles. The van der Waals surface area contributed by atoms with Crippen molar-refractivity contribution in [2.45, 2.75) is 51.1 Å². The second-order valence-corrected chi connectivity index (χ2v) is 4.59. The fourth-order valence-corrected chi connectivity index (χ4v) is 2.68. The third-order valence-electron chi connectivity index (χ3n) is 3.51. The highest BCUT2D eigenvalue weighted by Gasteiger charge is 2.24. The molecule has 1 aromatic heterocycles. The van der Waals surface area contributed by atoms with Crippen LogP contribution in [0.2, 0.25) is 0 Å². The van der Waals surface area contributed by atoms with Crippen LogP contribution in [0.4, 0.5) is 0 Å². The first kappa shape index (κ1) is 9.33. The summed E-state index contributed by atoms with van der Waals surface area (Å²) in [6.45, 7) is 2.25. The van der Waals surface area contributed by atoms with Gasteiger partial charge in [0.25, 0.3) is 0 Å². The molecule has 0 spiro atoms. The summed E-state index contributed by atoms with van der Waals surface area (Å²) in [5, 5.41) is 12.2. The minimum atomic E-state index is 0.451. The standard InChI is InChI=1S/C11H18N4/c1-2-5-9(12-7-3-1)11-14-13-10-6-4-8-15(10)11/h9,12H,1-8H2. The number of nitrogens with one attached hydrogen (secondary N) is 1. The molecule has 0 radical (unpaired) electrons. The summed E-state index contributed by atoms with van der Waals surface area (Å²) in [6.07, 6.45) is 7.55. The Bertz CT molecular complexity index is 336. The Morgan fingerprint density at radius 3 is 3.13 bits per heavy atom. The Morgan fingerprint density at radius 2 is 2.13 bits per heavy atom. The zero-order valence-corrected chi connectivity index (χ0v) is 9.08. The van der Waals surface area contributed by atoms with E-state index in [1.54, 1.807) is 0 Å². The van der Waals surface area contributed by atoms with Gasteiger partial charge in [0.2, 0.25) is 0 Å². The van der Waals surface area contributed by atoms with Gasteiger partial charge in [-0.25, -0.2) is 0 Å². The monoisotopic (exact) mass is 206 g/mol. The van der Waals surface area contributed by atoms with Crippen LogP contribution < -0.4 is 5.32 Å². The number of nitrogens with zero attached hydrogens (tertiary/aromatic N) is 3. The minimum absolute atomic E-state index is 0.451. The average Bonchev–Trinajstić information content (AvgIpc) is 2.74. The Balaban J connectivity index is 1.84. The molecule has 1 N–H and O–H groups in total. The summed E-state index contributed by atoms with van der Waals surface area (Å²) >= 11 is 0. The maximum Gasteiger partial charge on any atom is 0.150 e. The molecule has 1 aromatic rings. The van der Waals surface area contributed by atoms with Crippen molar-refractivity contribution in [2.24, 2.45) is 0 Å². The molecule has 4 heteroatoms. The number of hydrogen-bond donors (Lipinski definition) is 1. The molecule has 1 fully saturated rings. The van der Waals surface area contributed by atoms with Crippen LogP contribution in [-0.2, 0) is 13.0 Å². The van der Waals surface area contributed by atoms with Gasteiger partial charge in [0.1, 0.15) is 11.6 Å². The van der Waals surface area contributed by atoms with Crippen LogP contribution in [0, 0.1) is 0 Å². The molecule has 2 aliphatic heterocycles. The fourth-order valence-electron chi connectivity index (χ4n) is 2.68. The smallest absolute Gasteiger partial charge is 0.150 e. The van der Waals surface area contributed by atoms with Crippen LogP contribution in [0.1, 0.15) is 49.8 Å². The molecule has 82 valence electrons. The van der Waals surface area contributed by atoms with Crippen LogP contribution in [0.15, 0.2) is 0 Å². The minimum Gasteiger partial charge on any atom is -0.314 e. The van der Waals surface area contributed by atoms with Crippen LogP contribution in [-0.4, -0.2) is 21.3 Å². The highest BCUT2D eigenvalue weighted by atomic mass is 15.3. The normalized spacial score (nSPS) is 26.3. The first-order chi connectivity index (χ1) is 7.45. The van der Waals surface area contributed by atoms with E-state index in [1.165, 1.54) is 43.8 Å². The second-order valence-electron chi connectivity index (χ2n) is 4.59. The largest absolute Gasteiger partial charge is 0.314 e. The lowest BCUT2D eigenvalue weighted by Gasteiger charge is -2.15. The van der Waals surface area contributed by atoms with Crippen LogP contribution in [0.3, 0.4) is 0 Å². The summed E-state index contributed by atoms with van der Waals surface area (Å²) in [6, 6.07) is 0.451. The molecule has 15 heavy (non-hydrogen) atoms. The molecule has 0 bridgehead atoms. The van der Waals surface area contributed by atoms with Gasteiger partial charge < -0.3 is 9.88 Å². The number of rotatable bonds is 1. The molecular formula is C11H18N4. The lowest BCUT2D eigenvalue weighted by Crippen LogP contribution is -2.23. The molecule has 0 amide bonds. The van der Waals surface area contributed by atoms with E-state index in [2.05, 4.69) is 20.1 Å². The molecular weight excluding hydrogens is 188 g/mol. The van der Waals surface area contributed by atoms with E-state index >= 15 is 0 Å². The third-order valence-corrected chi connectivity index (χ3v) is 3.51. The summed E-state index contributed by atoms with van der Waals surface area (Å²) < 4.78 is 2.32. The van der Waals surface area contributed by atoms with Crippen molar-refractivity contribution in [1.29, 1.82) is 0 Å². The van der Waals surface area contributed by atoms with Crippen molar-refractivity contribution >= 4 is 0 Å². The van der Waals surface area contributed by atoms with E-state index in [0.29, 0.717) is 6.04 Å². The summed E-state index contributed by atoms with van der Waals surface area (Å²) in [5.74, 6) is 2.38. The summed E-state index contributed by atoms with van der Waals surface area (Å²) in [4.78, 5) is 0. The average molecular weight is 206 g/mol. The lowest BCUT2D eigenvalue weighted by atomic mass is 10.1. The maximum absolute atomic E-state index is 4.35. The fraction of sp³-hybridized carbons (Fsp3) is 0.818. The Kier molecular flexibility index (Phi) is 2.44. The Morgan fingerprint density at radius 1 is 1.13 bits per heavy atom. The molecule has 0 saturated carbocycles. The van der Waals surface area contributed by atoms with Gasteiger partial charge in [-0.05, 0) is 25.8 Å². The quantitative estimate of drug-likeness (QED) is 0.756. The van der Waals surface area contributed by atoms with Gasteiger partial charge in [0.05, 0.1) is 6.04 Å². The third kappa shape index (κ3) is 1.67. The molecule has 0 aromatic carbocycles. The van der Waals surface area contributed by atoms with Crippen LogP contribution >= 0.6 is 0 Å². The van der Waals surface area contributed by atoms with Crippen LogP contribution in [0.5, 0.6) is 0 Å². The van der Waals surface area contributed by atoms with Gasteiger partial charge in [0.15, 0.2) is 0 Å². The van der Waals surface area contributed by atoms with E-state index in [9.17, 15) is 0 Å². The maximum atomic E-state index is 4.35. The SMILES string of the molecule is C1CCNC(c2nnc3n2CCC3)CC1. The van der Waals surface area contributed by atoms with E-state index < -0.39 is 0 Å². The Labute approximate surface area is 90.1 Å². The molecule has 1 atom stereocenters. The van der Waals surface area contributed by atoms with Crippen molar-refractivity contribution in [3.63, 3.8) is 0 Å². The van der Waals surface area contributed by atoms with Gasteiger partial charge >= 0.3 is 0 Å². The highest BCUT2D eigenvalue weighted by Crippen LogP contribution is 2.24. The van der Waals surface area contributed by atoms with E-state index in [-0.39, 0.29) is 0 Å². The second kappa shape index (κ2) is 3.93. The summed E-state index contributed by atoms with van der Waals surface area (Å²) in [7, 11) is 0. The van der Waals surface area contributed by atoms with Gasteiger partial charge in [-0.2, -0.15) is 0 Å². The topological polar surface area (TPSA) is 42.7 Å². The van der Waals surface area contributed by atoms with Crippen molar-refractivity contribution in [1.82, 2.24) is 20.1 Å². The van der Waals surface area contributed by atoms with Gasteiger partial charge in [0, 0.05) is 13.0 Å². The molecule has 1 saturated heterocycles. The Hall–Kier alpha value is -0.900. The molecule has 4 nitrogen and oxygen atoms in total. The van der Waals surface area contributed by atoms with Crippen molar-refractivity contribution in [3.05, 3.63) is 11.6 Å². The highest BCUT2D eigenvalue weighted by molar-refractivity contribution is 5.05. The predicted molar refractivity (Wildman–Crippen MR) is 57.6 cm³/mol. The first-order valence-corrected chi connectivity index (χ1v) is 6.10. The lowest BCUT2D eigenvalue weighted by molar-refractivity contribution is 0.482. The zero-order chi connectivity index (χ0) is 10.1. The number of aromatic nitrogens is 3. The summed E-state index contributed by atoms with van der Waals surface area (Å²) in [5.41, 5.74) is 0.